The monoisotopic (exact) mass is 340 g/mol. The summed E-state index contributed by atoms with van der Waals surface area (Å²) in [5.41, 5.74) is 2.65. The molecule has 0 bridgehead atoms. The van der Waals surface area contributed by atoms with Crippen LogP contribution in [-0.2, 0) is 24.2 Å². The Morgan fingerprint density at radius 3 is 2.60 bits per heavy atom. The molecule has 0 unspecified atom stereocenters. The Bertz CT molecular complexity index is 778. The van der Waals surface area contributed by atoms with Gasteiger partial charge in [0, 0.05) is 45.6 Å². The molecule has 132 valence electrons. The molecular weight excluding hydrogens is 316 g/mol. The summed E-state index contributed by atoms with van der Waals surface area (Å²) < 4.78 is 5.78. The van der Waals surface area contributed by atoms with Gasteiger partial charge in [-0.25, -0.2) is 0 Å². The van der Waals surface area contributed by atoms with Crippen molar-refractivity contribution < 1.29 is 14.0 Å². The minimum Gasteiger partial charge on any atom is -0.465 e. The molecule has 2 heterocycles. The lowest BCUT2D eigenvalue weighted by Gasteiger charge is -2.27. The maximum absolute atomic E-state index is 12.6. The van der Waals surface area contributed by atoms with Gasteiger partial charge in [0.2, 0.25) is 5.91 Å². The molecule has 5 nitrogen and oxygen atoms in total. The van der Waals surface area contributed by atoms with E-state index in [2.05, 4.69) is 0 Å². The molecule has 0 atom stereocenters. The Labute approximate surface area is 148 Å². The van der Waals surface area contributed by atoms with E-state index in [0.29, 0.717) is 37.3 Å². The van der Waals surface area contributed by atoms with Crippen molar-refractivity contribution >= 4 is 11.8 Å². The molecule has 0 aliphatic carbocycles. The highest BCUT2D eigenvalue weighted by molar-refractivity contribution is 5.96. The number of furan rings is 1. The lowest BCUT2D eigenvalue weighted by atomic mass is 10.0. The molecule has 2 amide bonds. The van der Waals surface area contributed by atoms with Crippen molar-refractivity contribution in [2.75, 3.05) is 20.6 Å². The first kappa shape index (κ1) is 17.3. The highest BCUT2D eigenvalue weighted by atomic mass is 16.3. The van der Waals surface area contributed by atoms with Gasteiger partial charge in [0.25, 0.3) is 5.91 Å². The van der Waals surface area contributed by atoms with Gasteiger partial charge in [-0.05, 0) is 18.9 Å². The maximum atomic E-state index is 12.6. The van der Waals surface area contributed by atoms with Crippen LogP contribution in [0.2, 0.25) is 0 Å². The predicted molar refractivity (Wildman–Crippen MR) is 95.3 cm³/mol. The van der Waals surface area contributed by atoms with Crippen LogP contribution in [0.1, 0.15) is 39.4 Å². The number of benzene rings is 1. The van der Waals surface area contributed by atoms with E-state index in [1.807, 2.05) is 42.2 Å². The summed E-state index contributed by atoms with van der Waals surface area (Å²) in [4.78, 5) is 28.4. The van der Waals surface area contributed by atoms with Crippen LogP contribution in [0, 0.1) is 6.92 Å². The van der Waals surface area contributed by atoms with Gasteiger partial charge in [0.15, 0.2) is 0 Å². The minimum atomic E-state index is -0.0684. The highest BCUT2D eigenvalue weighted by Gasteiger charge is 2.30. The third-order valence-corrected chi connectivity index (χ3v) is 4.67. The molecule has 0 saturated heterocycles. The number of rotatable bonds is 4. The third-order valence-electron chi connectivity index (χ3n) is 4.67. The van der Waals surface area contributed by atoms with Crippen LogP contribution in [0.5, 0.6) is 0 Å². The Kier molecular flexibility index (Phi) is 4.93. The van der Waals surface area contributed by atoms with Crippen LogP contribution in [0.3, 0.4) is 0 Å². The molecule has 1 aromatic carbocycles. The number of fused-ring (bicyclic) bond motifs is 1. The molecule has 0 saturated carbocycles. The largest absolute Gasteiger partial charge is 0.465 e. The van der Waals surface area contributed by atoms with E-state index in [1.165, 1.54) is 0 Å². The van der Waals surface area contributed by atoms with Crippen molar-refractivity contribution in [3.05, 3.63) is 58.5 Å². The van der Waals surface area contributed by atoms with E-state index in [1.54, 1.807) is 19.0 Å². The Hall–Kier alpha value is -2.56. The second-order valence-electron chi connectivity index (χ2n) is 6.69. The first-order valence-corrected chi connectivity index (χ1v) is 8.62. The van der Waals surface area contributed by atoms with Gasteiger partial charge in [-0.3, -0.25) is 9.59 Å². The topological polar surface area (TPSA) is 53.8 Å². The number of aryl methyl sites for hydroxylation is 2. The average molecular weight is 340 g/mol. The van der Waals surface area contributed by atoms with Crippen LogP contribution in [0.25, 0.3) is 0 Å². The lowest BCUT2D eigenvalue weighted by Crippen LogP contribution is -2.36. The molecular formula is C20H24N2O3. The normalized spacial score (nSPS) is 13.5. The summed E-state index contributed by atoms with van der Waals surface area (Å²) in [6.45, 7) is 2.91. The molecule has 0 N–H and O–H groups in total. The van der Waals surface area contributed by atoms with Gasteiger partial charge in [-0.2, -0.15) is 0 Å². The minimum absolute atomic E-state index is 0.0684. The van der Waals surface area contributed by atoms with Gasteiger partial charge in [-0.15, -0.1) is 0 Å². The molecule has 2 aromatic rings. The maximum Gasteiger partial charge on any atom is 0.257 e. The van der Waals surface area contributed by atoms with E-state index in [0.717, 1.165) is 23.3 Å². The van der Waals surface area contributed by atoms with E-state index in [9.17, 15) is 9.59 Å². The summed E-state index contributed by atoms with van der Waals surface area (Å²) in [5.74, 6) is 1.54. The molecule has 0 fully saturated rings. The first-order chi connectivity index (χ1) is 12.0. The molecule has 1 aliphatic rings. The number of hydrogen-bond donors (Lipinski definition) is 0. The second-order valence-corrected chi connectivity index (χ2v) is 6.69. The van der Waals surface area contributed by atoms with Crippen molar-refractivity contribution in [2.24, 2.45) is 0 Å². The number of carbonyl (C=O) groups is 2. The first-order valence-electron chi connectivity index (χ1n) is 8.62. The zero-order valence-electron chi connectivity index (χ0n) is 15.0. The fraction of sp³-hybridized carbons (Fsp3) is 0.400. The van der Waals surface area contributed by atoms with Crippen LogP contribution >= 0.6 is 0 Å². The molecule has 25 heavy (non-hydrogen) atoms. The van der Waals surface area contributed by atoms with E-state index in [-0.39, 0.29) is 11.8 Å². The van der Waals surface area contributed by atoms with Crippen LogP contribution in [0.15, 0.2) is 34.7 Å². The van der Waals surface area contributed by atoms with Crippen molar-refractivity contribution in [1.29, 1.82) is 0 Å². The quantitative estimate of drug-likeness (QED) is 0.860. The second kappa shape index (κ2) is 7.13. The van der Waals surface area contributed by atoms with E-state index < -0.39 is 0 Å². The smallest absolute Gasteiger partial charge is 0.257 e. The van der Waals surface area contributed by atoms with Crippen molar-refractivity contribution in [3.63, 3.8) is 0 Å². The zero-order valence-corrected chi connectivity index (χ0v) is 15.0. The van der Waals surface area contributed by atoms with Gasteiger partial charge in [0.1, 0.15) is 11.5 Å². The average Bonchev–Trinajstić information content (AvgIpc) is 2.94. The number of amides is 2. The third kappa shape index (κ3) is 3.60. The van der Waals surface area contributed by atoms with Gasteiger partial charge in [0.05, 0.1) is 5.56 Å². The van der Waals surface area contributed by atoms with Crippen molar-refractivity contribution in [3.8, 4) is 0 Å². The zero-order chi connectivity index (χ0) is 18.0. The van der Waals surface area contributed by atoms with E-state index >= 15 is 0 Å². The Balaban J connectivity index is 1.72. The van der Waals surface area contributed by atoms with E-state index in [4.69, 9.17) is 4.42 Å². The fourth-order valence-corrected chi connectivity index (χ4v) is 3.30. The fourth-order valence-electron chi connectivity index (χ4n) is 3.30. The summed E-state index contributed by atoms with van der Waals surface area (Å²) in [6.07, 6.45) is 1.87. The SMILES string of the molecule is Cc1oc2c(c1C(=O)N(C)C)CN(C(=O)CCc1ccccc1)CC2. The summed E-state index contributed by atoms with van der Waals surface area (Å²) >= 11 is 0. The molecule has 5 heteroatoms. The summed E-state index contributed by atoms with van der Waals surface area (Å²) in [5, 5.41) is 0. The molecule has 0 radical (unpaired) electrons. The number of nitrogens with zero attached hydrogens (tertiary/aromatic N) is 2. The molecule has 0 spiro atoms. The Morgan fingerprint density at radius 2 is 1.92 bits per heavy atom. The van der Waals surface area contributed by atoms with Crippen LogP contribution in [0.4, 0.5) is 0 Å². The lowest BCUT2D eigenvalue weighted by molar-refractivity contribution is -0.132. The van der Waals surface area contributed by atoms with Gasteiger partial charge >= 0.3 is 0 Å². The number of carbonyl (C=O) groups excluding carboxylic acids is 2. The highest BCUT2D eigenvalue weighted by Crippen LogP contribution is 2.29. The van der Waals surface area contributed by atoms with Gasteiger partial charge in [-0.1, -0.05) is 30.3 Å². The molecule has 1 aromatic heterocycles. The number of hydrogen-bond acceptors (Lipinski definition) is 3. The molecule has 1 aliphatic heterocycles. The summed E-state index contributed by atoms with van der Waals surface area (Å²) in [7, 11) is 3.46. The van der Waals surface area contributed by atoms with Crippen LogP contribution < -0.4 is 0 Å². The van der Waals surface area contributed by atoms with Gasteiger partial charge < -0.3 is 14.2 Å². The molecule has 3 rings (SSSR count). The standard InChI is InChI=1S/C20H24N2O3/c1-14-19(20(24)21(2)3)16-13-22(12-11-17(16)25-14)18(23)10-9-15-7-5-4-6-8-15/h4-8H,9-13H2,1-3H3. The predicted octanol–water partition coefficient (Wildman–Crippen LogP) is 2.81. The van der Waals surface area contributed by atoms with Crippen molar-refractivity contribution in [1.82, 2.24) is 9.80 Å². The Morgan fingerprint density at radius 1 is 1.20 bits per heavy atom. The van der Waals surface area contributed by atoms with Crippen LogP contribution in [-0.4, -0.2) is 42.3 Å². The summed E-state index contributed by atoms with van der Waals surface area (Å²) in [6, 6.07) is 10.0. The van der Waals surface area contributed by atoms with Crippen molar-refractivity contribution in [2.45, 2.75) is 32.7 Å².